The monoisotopic (exact) mass is 385 g/mol. The van der Waals surface area contributed by atoms with Crippen LogP contribution < -0.4 is 0 Å². The fraction of sp³-hybridized carbons (Fsp3) is 0.0714. The van der Waals surface area contributed by atoms with E-state index in [9.17, 15) is 9.00 Å². The fourth-order valence-corrected chi connectivity index (χ4v) is 3.29. The van der Waals surface area contributed by atoms with Gasteiger partial charge in [0.15, 0.2) is 0 Å². The van der Waals surface area contributed by atoms with Gasteiger partial charge in [-0.2, -0.15) is 4.36 Å². The number of hydrogen-bond donors (Lipinski definition) is 0. The first kappa shape index (κ1) is 14.2. The van der Waals surface area contributed by atoms with Crippen molar-refractivity contribution >= 4 is 38.2 Å². The van der Waals surface area contributed by atoms with Crippen LogP contribution in [0.5, 0.6) is 0 Å². The minimum absolute atomic E-state index is 0.449. The number of carbonyl (C=O) groups is 1. The van der Waals surface area contributed by atoms with Crippen LogP contribution in [-0.4, -0.2) is 16.4 Å². The smallest absolute Gasteiger partial charge is 0.266 e. The molecule has 1 atom stereocenters. The van der Waals surface area contributed by atoms with Gasteiger partial charge in [0.1, 0.15) is 0 Å². The highest BCUT2D eigenvalue weighted by Gasteiger charge is 2.10. The van der Waals surface area contributed by atoms with E-state index in [2.05, 4.69) is 27.0 Å². The maximum atomic E-state index is 12.5. The van der Waals surface area contributed by atoms with E-state index in [-0.39, 0.29) is 0 Å². The quantitative estimate of drug-likeness (QED) is 0.742. The average molecular weight is 385 g/mol. The van der Waals surface area contributed by atoms with Crippen molar-refractivity contribution in [3.63, 3.8) is 0 Å². The van der Waals surface area contributed by atoms with Gasteiger partial charge < -0.3 is 0 Å². The molecule has 0 aliphatic rings. The van der Waals surface area contributed by atoms with Gasteiger partial charge in [-0.1, -0.05) is 24.3 Å². The molecule has 0 aliphatic carbocycles. The Balaban J connectivity index is 2.41. The summed E-state index contributed by atoms with van der Waals surface area (Å²) in [6.07, 6.45) is 1.48. The number of carbonyl (C=O) groups excluding carboxylic acids is 1. The normalized spacial score (nSPS) is 13.6. The molecule has 0 saturated carbocycles. The van der Waals surface area contributed by atoms with E-state index in [1.54, 1.807) is 42.5 Å². The lowest BCUT2D eigenvalue weighted by Crippen LogP contribution is -2.03. The second kappa shape index (κ2) is 5.83. The highest BCUT2D eigenvalue weighted by molar-refractivity contribution is 14.1. The second-order valence-corrected chi connectivity index (χ2v) is 7.53. The van der Waals surface area contributed by atoms with Crippen molar-refractivity contribution in [1.82, 2.24) is 0 Å². The summed E-state index contributed by atoms with van der Waals surface area (Å²) in [5.41, 5.74) is 0.456. The molecule has 5 heteroatoms. The van der Waals surface area contributed by atoms with Gasteiger partial charge >= 0.3 is 0 Å². The van der Waals surface area contributed by atoms with Crippen molar-refractivity contribution in [2.24, 2.45) is 4.36 Å². The number of hydrogen-bond acceptors (Lipinski definition) is 2. The number of nitrogens with zero attached hydrogens (tertiary/aromatic N) is 1. The zero-order valence-corrected chi connectivity index (χ0v) is 13.2. The maximum Gasteiger partial charge on any atom is 0.285 e. The van der Waals surface area contributed by atoms with E-state index < -0.39 is 15.6 Å². The molecule has 0 heterocycles. The minimum Gasteiger partial charge on any atom is -0.266 e. The minimum atomic E-state index is -2.70. The standard InChI is InChI=1S/C14H12INO2S/c1-19(18,13-8-3-2-4-9-13)16-14(17)11-6-5-7-12(15)10-11/h2-10H,1H3. The van der Waals surface area contributed by atoms with Gasteiger partial charge in [0.05, 0.1) is 9.73 Å². The molecule has 98 valence electrons. The fourth-order valence-electron chi connectivity index (χ4n) is 1.56. The van der Waals surface area contributed by atoms with Crippen molar-refractivity contribution in [3.05, 3.63) is 63.7 Å². The molecule has 2 aromatic carbocycles. The van der Waals surface area contributed by atoms with Gasteiger partial charge in [0, 0.05) is 20.3 Å². The first-order chi connectivity index (χ1) is 8.99. The van der Waals surface area contributed by atoms with E-state index in [0.717, 1.165) is 3.57 Å². The highest BCUT2D eigenvalue weighted by atomic mass is 127. The molecule has 0 aromatic heterocycles. The van der Waals surface area contributed by atoms with Crippen molar-refractivity contribution in [1.29, 1.82) is 0 Å². The summed E-state index contributed by atoms with van der Waals surface area (Å²) in [6.45, 7) is 0. The summed E-state index contributed by atoms with van der Waals surface area (Å²) in [7, 11) is -2.70. The van der Waals surface area contributed by atoms with E-state index in [4.69, 9.17) is 0 Å². The molecule has 19 heavy (non-hydrogen) atoms. The van der Waals surface area contributed by atoms with Crippen LogP contribution in [0.2, 0.25) is 0 Å². The van der Waals surface area contributed by atoms with E-state index in [1.165, 1.54) is 6.26 Å². The molecule has 2 rings (SSSR count). The molecule has 1 unspecified atom stereocenters. The lowest BCUT2D eigenvalue weighted by molar-refractivity contribution is 0.100. The van der Waals surface area contributed by atoms with E-state index >= 15 is 0 Å². The first-order valence-corrected chi connectivity index (χ1v) is 8.56. The van der Waals surface area contributed by atoms with Crippen LogP contribution in [0.3, 0.4) is 0 Å². The Morgan fingerprint density at radius 2 is 1.79 bits per heavy atom. The molecule has 0 bridgehead atoms. The third kappa shape index (κ3) is 3.63. The van der Waals surface area contributed by atoms with Crippen LogP contribution in [0.25, 0.3) is 0 Å². The molecule has 1 amide bonds. The molecular weight excluding hydrogens is 373 g/mol. The number of amides is 1. The van der Waals surface area contributed by atoms with Crippen molar-refractivity contribution in [3.8, 4) is 0 Å². The zero-order valence-electron chi connectivity index (χ0n) is 10.2. The molecule has 0 saturated heterocycles. The molecule has 2 aromatic rings. The number of halogens is 1. The van der Waals surface area contributed by atoms with Crippen molar-refractivity contribution in [2.45, 2.75) is 4.90 Å². The Bertz CT molecular complexity index is 719. The average Bonchev–Trinajstić information content (AvgIpc) is 2.39. The molecule has 0 aliphatic heterocycles. The van der Waals surface area contributed by atoms with Crippen LogP contribution >= 0.6 is 22.6 Å². The highest BCUT2D eigenvalue weighted by Crippen LogP contribution is 2.14. The number of rotatable bonds is 2. The molecule has 0 fully saturated rings. The van der Waals surface area contributed by atoms with Crippen LogP contribution in [0, 0.1) is 3.57 Å². The van der Waals surface area contributed by atoms with Crippen LogP contribution in [-0.2, 0) is 9.73 Å². The summed E-state index contributed by atoms with van der Waals surface area (Å²) < 4.78 is 17.3. The van der Waals surface area contributed by atoms with Crippen molar-refractivity contribution < 1.29 is 9.00 Å². The molecule has 0 spiro atoms. The summed E-state index contributed by atoms with van der Waals surface area (Å²) in [4.78, 5) is 12.6. The van der Waals surface area contributed by atoms with Crippen LogP contribution in [0.4, 0.5) is 0 Å². The third-order valence-corrected chi connectivity index (χ3v) is 4.84. The second-order valence-electron chi connectivity index (χ2n) is 4.02. The van der Waals surface area contributed by atoms with Crippen LogP contribution in [0.1, 0.15) is 10.4 Å². The Morgan fingerprint density at radius 3 is 2.42 bits per heavy atom. The first-order valence-electron chi connectivity index (χ1n) is 5.56. The summed E-state index contributed by atoms with van der Waals surface area (Å²) in [5, 5.41) is 0. The SMILES string of the molecule is CS(=O)(=NC(=O)c1cccc(I)c1)c1ccccc1. The Hall–Kier alpha value is -1.21. The summed E-state index contributed by atoms with van der Waals surface area (Å²) >= 11 is 2.12. The van der Waals surface area contributed by atoms with E-state index in [1.807, 2.05) is 12.1 Å². The Kier molecular flexibility index (Phi) is 4.36. The van der Waals surface area contributed by atoms with Gasteiger partial charge in [-0.25, -0.2) is 4.21 Å². The third-order valence-electron chi connectivity index (χ3n) is 2.51. The van der Waals surface area contributed by atoms with Gasteiger partial charge in [0.25, 0.3) is 5.91 Å². The molecular formula is C14H12INO2S. The summed E-state index contributed by atoms with van der Waals surface area (Å²) in [5.74, 6) is -0.449. The predicted octanol–water partition coefficient (Wildman–Crippen LogP) is 3.59. The molecule has 0 radical (unpaired) electrons. The molecule has 3 nitrogen and oxygen atoms in total. The largest absolute Gasteiger partial charge is 0.285 e. The van der Waals surface area contributed by atoms with Gasteiger partial charge in [-0.15, -0.1) is 0 Å². The zero-order chi connectivity index (χ0) is 13.9. The van der Waals surface area contributed by atoms with Crippen LogP contribution in [0.15, 0.2) is 63.9 Å². The summed E-state index contributed by atoms with van der Waals surface area (Å²) in [6, 6.07) is 15.9. The number of benzene rings is 2. The van der Waals surface area contributed by atoms with Gasteiger partial charge in [0.2, 0.25) is 0 Å². The predicted molar refractivity (Wildman–Crippen MR) is 84.7 cm³/mol. The lowest BCUT2D eigenvalue weighted by atomic mass is 10.2. The molecule has 0 N–H and O–H groups in total. The maximum absolute atomic E-state index is 12.5. The van der Waals surface area contributed by atoms with Crippen molar-refractivity contribution in [2.75, 3.05) is 6.26 Å². The van der Waals surface area contributed by atoms with Gasteiger partial charge in [-0.05, 0) is 52.9 Å². The Labute approximate surface area is 126 Å². The van der Waals surface area contributed by atoms with Gasteiger partial charge in [-0.3, -0.25) is 4.79 Å². The lowest BCUT2D eigenvalue weighted by Gasteiger charge is -2.03. The Morgan fingerprint density at radius 1 is 1.11 bits per heavy atom. The van der Waals surface area contributed by atoms with E-state index in [0.29, 0.717) is 10.5 Å². The topological polar surface area (TPSA) is 46.5 Å².